The number of rotatable bonds is 1. The van der Waals surface area contributed by atoms with Crippen LogP contribution in [0.3, 0.4) is 0 Å². The predicted octanol–water partition coefficient (Wildman–Crippen LogP) is 2.15. The highest BCUT2D eigenvalue weighted by Gasteiger charge is 2.32. The first-order valence-electron chi connectivity index (χ1n) is 6.61. The second-order valence-electron chi connectivity index (χ2n) is 5.07. The van der Waals surface area contributed by atoms with Gasteiger partial charge in [0.1, 0.15) is 6.17 Å². The highest BCUT2D eigenvalue weighted by Crippen LogP contribution is 2.30. The van der Waals surface area contributed by atoms with Gasteiger partial charge in [-0.25, -0.2) is 4.79 Å². The molecule has 5 heteroatoms. The van der Waals surface area contributed by atoms with Crippen molar-refractivity contribution in [3.63, 3.8) is 0 Å². The standard InChI is InChI=1S/C14H16N2O3/c17-13-10-6-5-9(14(18)19)8-11(10)15-12-4-2-1-3-7-16(12)13/h5-6,8,12,15H,1-4,7H2,(H,18,19)/t12-/m1/s1. The van der Waals surface area contributed by atoms with E-state index in [2.05, 4.69) is 5.32 Å². The second-order valence-corrected chi connectivity index (χ2v) is 5.07. The van der Waals surface area contributed by atoms with Crippen LogP contribution in [0.1, 0.15) is 46.4 Å². The minimum absolute atomic E-state index is 0.00606. The zero-order valence-electron chi connectivity index (χ0n) is 10.6. The molecule has 0 bridgehead atoms. The molecule has 0 saturated carbocycles. The lowest BCUT2D eigenvalue weighted by atomic mass is 10.0. The van der Waals surface area contributed by atoms with Crippen LogP contribution in [0, 0.1) is 0 Å². The molecular formula is C14H16N2O3. The number of carbonyl (C=O) groups is 2. The first-order chi connectivity index (χ1) is 9.16. The van der Waals surface area contributed by atoms with Gasteiger partial charge in [-0.3, -0.25) is 4.79 Å². The summed E-state index contributed by atoms with van der Waals surface area (Å²) in [6.07, 6.45) is 4.19. The van der Waals surface area contributed by atoms with Crippen LogP contribution in [0.25, 0.3) is 0 Å². The Bertz CT molecular complexity index is 541. The lowest BCUT2D eigenvalue weighted by Crippen LogP contribution is -2.48. The number of carbonyl (C=O) groups excluding carboxylic acids is 1. The van der Waals surface area contributed by atoms with Gasteiger partial charge in [0.2, 0.25) is 0 Å². The van der Waals surface area contributed by atoms with Crippen LogP contribution >= 0.6 is 0 Å². The molecule has 2 aliphatic rings. The van der Waals surface area contributed by atoms with E-state index in [4.69, 9.17) is 5.11 Å². The third-order valence-corrected chi connectivity index (χ3v) is 3.83. The predicted molar refractivity (Wildman–Crippen MR) is 70.3 cm³/mol. The highest BCUT2D eigenvalue weighted by atomic mass is 16.4. The van der Waals surface area contributed by atoms with E-state index in [0.29, 0.717) is 11.3 Å². The molecule has 1 aromatic rings. The molecule has 1 aromatic carbocycles. The number of nitrogens with one attached hydrogen (secondary N) is 1. The van der Waals surface area contributed by atoms with Crippen molar-refractivity contribution in [1.82, 2.24) is 4.90 Å². The quantitative estimate of drug-likeness (QED) is 0.811. The largest absolute Gasteiger partial charge is 0.478 e. The van der Waals surface area contributed by atoms with E-state index in [1.807, 2.05) is 4.90 Å². The summed E-state index contributed by atoms with van der Waals surface area (Å²) >= 11 is 0. The molecular weight excluding hydrogens is 244 g/mol. The van der Waals surface area contributed by atoms with Crippen LogP contribution in [-0.4, -0.2) is 34.6 Å². The van der Waals surface area contributed by atoms with Crippen LogP contribution in [0.4, 0.5) is 5.69 Å². The Morgan fingerprint density at radius 1 is 1.32 bits per heavy atom. The third kappa shape index (κ3) is 2.05. The molecule has 1 fully saturated rings. The number of hydrogen-bond acceptors (Lipinski definition) is 3. The first-order valence-corrected chi connectivity index (χ1v) is 6.61. The number of anilines is 1. The van der Waals surface area contributed by atoms with E-state index in [-0.39, 0.29) is 17.6 Å². The molecule has 2 aliphatic heterocycles. The molecule has 2 heterocycles. The number of hydrogen-bond donors (Lipinski definition) is 2. The van der Waals surface area contributed by atoms with Crippen LogP contribution in [0.15, 0.2) is 18.2 Å². The molecule has 19 heavy (non-hydrogen) atoms. The fourth-order valence-corrected chi connectivity index (χ4v) is 2.82. The van der Waals surface area contributed by atoms with Gasteiger partial charge in [0, 0.05) is 12.2 Å². The third-order valence-electron chi connectivity index (χ3n) is 3.83. The van der Waals surface area contributed by atoms with Crippen LogP contribution in [0.2, 0.25) is 0 Å². The fraction of sp³-hybridized carbons (Fsp3) is 0.429. The van der Waals surface area contributed by atoms with E-state index in [1.54, 1.807) is 12.1 Å². The molecule has 5 nitrogen and oxygen atoms in total. The maximum Gasteiger partial charge on any atom is 0.335 e. The Labute approximate surface area is 111 Å². The average Bonchev–Trinajstić information content (AvgIpc) is 2.63. The van der Waals surface area contributed by atoms with E-state index < -0.39 is 5.97 Å². The number of benzene rings is 1. The molecule has 2 N–H and O–H groups in total. The van der Waals surface area contributed by atoms with Crippen molar-refractivity contribution in [3.8, 4) is 0 Å². The van der Waals surface area contributed by atoms with Gasteiger partial charge in [-0.1, -0.05) is 6.42 Å². The Morgan fingerprint density at radius 3 is 2.95 bits per heavy atom. The number of carboxylic acids is 1. The lowest BCUT2D eigenvalue weighted by Gasteiger charge is -2.36. The number of nitrogens with zero attached hydrogens (tertiary/aromatic N) is 1. The van der Waals surface area contributed by atoms with E-state index >= 15 is 0 Å². The molecule has 1 saturated heterocycles. The van der Waals surface area contributed by atoms with Crippen LogP contribution < -0.4 is 5.32 Å². The summed E-state index contributed by atoms with van der Waals surface area (Å²) in [6, 6.07) is 4.64. The molecule has 1 atom stereocenters. The van der Waals surface area contributed by atoms with Crippen molar-refractivity contribution < 1.29 is 14.7 Å². The second kappa shape index (κ2) is 4.57. The number of fused-ring (bicyclic) bond motifs is 2. The maximum absolute atomic E-state index is 12.4. The van der Waals surface area contributed by atoms with Crippen molar-refractivity contribution in [3.05, 3.63) is 29.3 Å². The van der Waals surface area contributed by atoms with Gasteiger partial charge in [-0.15, -0.1) is 0 Å². The van der Waals surface area contributed by atoms with Crippen molar-refractivity contribution in [2.24, 2.45) is 0 Å². The summed E-state index contributed by atoms with van der Waals surface area (Å²) in [6.45, 7) is 0.774. The van der Waals surface area contributed by atoms with Crippen molar-refractivity contribution in [2.45, 2.75) is 31.8 Å². The van der Waals surface area contributed by atoms with Crippen molar-refractivity contribution in [1.29, 1.82) is 0 Å². The van der Waals surface area contributed by atoms with Gasteiger partial charge in [0.05, 0.1) is 11.1 Å². The molecule has 3 rings (SSSR count). The first kappa shape index (κ1) is 12.0. The minimum Gasteiger partial charge on any atom is -0.478 e. The van der Waals surface area contributed by atoms with Crippen LogP contribution in [0.5, 0.6) is 0 Å². The summed E-state index contributed by atoms with van der Waals surface area (Å²) < 4.78 is 0. The fourth-order valence-electron chi connectivity index (χ4n) is 2.82. The lowest BCUT2D eigenvalue weighted by molar-refractivity contribution is 0.0677. The van der Waals surface area contributed by atoms with Gasteiger partial charge in [-0.05, 0) is 37.5 Å². The smallest absolute Gasteiger partial charge is 0.335 e. The molecule has 1 amide bonds. The van der Waals surface area contributed by atoms with Gasteiger partial charge in [-0.2, -0.15) is 0 Å². The van der Waals surface area contributed by atoms with Crippen LogP contribution in [-0.2, 0) is 0 Å². The summed E-state index contributed by atoms with van der Waals surface area (Å²) in [7, 11) is 0. The summed E-state index contributed by atoms with van der Waals surface area (Å²) in [4.78, 5) is 25.3. The van der Waals surface area contributed by atoms with E-state index in [1.165, 1.54) is 6.07 Å². The van der Waals surface area contributed by atoms with E-state index in [9.17, 15) is 9.59 Å². The highest BCUT2D eigenvalue weighted by molar-refractivity contribution is 6.03. The van der Waals surface area contributed by atoms with E-state index in [0.717, 1.165) is 32.2 Å². The van der Waals surface area contributed by atoms with Crippen molar-refractivity contribution in [2.75, 3.05) is 11.9 Å². The summed E-state index contributed by atoms with van der Waals surface area (Å²) in [5, 5.41) is 12.3. The molecule has 0 aromatic heterocycles. The normalized spacial score (nSPS) is 22.0. The zero-order valence-corrected chi connectivity index (χ0v) is 10.6. The van der Waals surface area contributed by atoms with Gasteiger partial charge in [0.15, 0.2) is 0 Å². The number of carboxylic acid groups (broad SMARTS) is 1. The Balaban J connectivity index is 1.99. The number of amides is 1. The summed E-state index contributed by atoms with van der Waals surface area (Å²) in [5.74, 6) is -0.960. The molecule has 0 unspecified atom stereocenters. The monoisotopic (exact) mass is 260 g/mol. The van der Waals surface area contributed by atoms with Gasteiger partial charge >= 0.3 is 5.97 Å². The van der Waals surface area contributed by atoms with Crippen molar-refractivity contribution >= 4 is 17.6 Å². The van der Waals surface area contributed by atoms with Gasteiger partial charge in [0.25, 0.3) is 5.91 Å². The average molecular weight is 260 g/mol. The Kier molecular flexibility index (Phi) is 2.89. The number of aromatic carboxylic acids is 1. The SMILES string of the molecule is O=C(O)c1ccc2c(c1)N[C@H]1CCCCCN1C2=O. The Morgan fingerprint density at radius 2 is 2.16 bits per heavy atom. The Hall–Kier alpha value is -2.04. The summed E-state index contributed by atoms with van der Waals surface area (Å²) in [5.41, 5.74) is 1.43. The molecule has 100 valence electrons. The molecule has 0 aliphatic carbocycles. The molecule has 0 spiro atoms. The zero-order chi connectivity index (χ0) is 13.4. The molecule has 0 radical (unpaired) electrons. The minimum atomic E-state index is -0.972. The van der Waals surface area contributed by atoms with Gasteiger partial charge < -0.3 is 15.3 Å². The topological polar surface area (TPSA) is 69.6 Å². The maximum atomic E-state index is 12.4.